The zero-order valence-corrected chi connectivity index (χ0v) is 17.9. The van der Waals surface area contributed by atoms with Crippen molar-refractivity contribution < 1.29 is 4.74 Å². The molecule has 0 unspecified atom stereocenters. The lowest BCUT2D eigenvalue weighted by Crippen LogP contribution is -2.37. The number of nitrogens with zero attached hydrogens (tertiary/aromatic N) is 3. The van der Waals surface area contributed by atoms with E-state index in [-0.39, 0.29) is 0 Å². The van der Waals surface area contributed by atoms with Crippen LogP contribution in [-0.4, -0.2) is 41.8 Å². The average molecular weight is 398 g/mol. The second-order valence-corrected chi connectivity index (χ2v) is 7.76. The van der Waals surface area contributed by atoms with E-state index < -0.39 is 0 Å². The quantitative estimate of drug-likeness (QED) is 0.385. The van der Waals surface area contributed by atoms with Crippen LogP contribution in [0.2, 0.25) is 0 Å². The van der Waals surface area contributed by atoms with Crippen LogP contribution in [0, 0.1) is 6.92 Å². The molecule has 158 valence electrons. The van der Waals surface area contributed by atoms with Crippen LogP contribution in [0.3, 0.4) is 0 Å². The first-order chi connectivity index (χ1) is 14.2. The molecule has 6 heteroatoms. The van der Waals surface area contributed by atoms with Gasteiger partial charge in [0.25, 0.3) is 0 Å². The van der Waals surface area contributed by atoms with E-state index in [2.05, 4.69) is 49.4 Å². The third-order valence-electron chi connectivity index (χ3n) is 5.47. The van der Waals surface area contributed by atoms with Crippen LogP contribution < -0.4 is 10.6 Å². The summed E-state index contributed by atoms with van der Waals surface area (Å²) in [5.41, 5.74) is 2.51. The molecule has 2 aromatic rings. The van der Waals surface area contributed by atoms with Crippen LogP contribution in [0.4, 0.5) is 0 Å². The molecule has 0 bridgehead atoms. The molecule has 0 aliphatic heterocycles. The highest BCUT2D eigenvalue weighted by molar-refractivity contribution is 5.79. The number of aryl methyl sites for hydroxylation is 1. The number of aromatic nitrogens is 2. The zero-order chi connectivity index (χ0) is 20.3. The SMILES string of the molecule is CN=C(NCCCOC1CCCCC1)NCc1cccc(Cn2ccnc2C)c1. The van der Waals surface area contributed by atoms with Crippen molar-refractivity contribution in [2.45, 2.75) is 64.6 Å². The van der Waals surface area contributed by atoms with Crippen molar-refractivity contribution in [2.24, 2.45) is 4.99 Å². The number of ether oxygens (including phenoxy) is 1. The molecule has 1 aliphatic carbocycles. The second kappa shape index (κ2) is 11.6. The van der Waals surface area contributed by atoms with E-state index >= 15 is 0 Å². The molecule has 1 aromatic heterocycles. The number of guanidine groups is 1. The monoisotopic (exact) mass is 397 g/mol. The van der Waals surface area contributed by atoms with E-state index in [0.29, 0.717) is 6.10 Å². The van der Waals surface area contributed by atoms with Gasteiger partial charge in [-0.25, -0.2) is 4.98 Å². The molecule has 3 rings (SSSR count). The fourth-order valence-corrected chi connectivity index (χ4v) is 3.77. The van der Waals surface area contributed by atoms with Gasteiger partial charge in [-0.05, 0) is 37.3 Å². The van der Waals surface area contributed by atoms with Gasteiger partial charge in [0.15, 0.2) is 5.96 Å². The van der Waals surface area contributed by atoms with E-state index in [1.807, 2.05) is 26.4 Å². The lowest BCUT2D eigenvalue weighted by atomic mass is 9.98. The molecule has 0 radical (unpaired) electrons. The number of hydrogen-bond acceptors (Lipinski definition) is 3. The molecule has 1 heterocycles. The number of nitrogens with one attached hydrogen (secondary N) is 2. The van der Waals surface area contributed by atoms with Gasteiger partial charge in [0.2, 0.25) is 0 Å². The molecule has 29 heavy (non-hydrogen) atoms. The van der Waals surface area contributed by atoms with Crippen LogP contribution >= 0.6 is 0 Å². The number of imidazole rings is 1. The Balaban J connectivity index is 1.36. The lowest BCUT2D eigenvalue weighted by molar-refractivity contribution is 0.0277. The fraction of sp³-hybridized carbons (Fsp3) is 0.565. The second-order valence-electron chi connectivity index (χ2n) is 7.76. The van der Waals surface area contributed by atoms with Gasteiger partial charge in [0, 0.05) is 45.7 Å². The molecule has 1 fully saturated rings. The van der Waals surface area contributed by atoms with Gasteiger partial charge >= 0.3 is 0 Å². The molecular weight excluding hydrogens is 362 g/mol. The van der Waals surface area contributed by atoms with Gasteiger partial charge in [-0.3, -0.25) is 4.99 Å². The number of aliphatic imine (C=N–C) groups is 1. The molecule has 0 saturated heterocycles. The van der Waals surface area contributed by atoms with Crippen molar-refractivity contribution in [3.63, 3.8) is 0 Å². The van der Waals surface area contributed by atoms with Crippen molar-refractivity contribution in [3.05, 3.63) is 53.6 Å². The number of rotatable bonds is 9. The Morgan fingerprint density at radius 2 is 2.03 bits per heavy atom. The van der Waals surface area contributed by atoms with E-state index in [9.17, 15) is 0 Å². The summed E-state index contributed by atoms with van der Waals surface area (Å²) in [5.74, 6) is 1.86. The Labute approximate surface area is 174 Å². The minimum atomic E-state index is 0.486. The summed E-state index contributed by atoms with van der Waals surface area (Å²) in [6, 6.07) is 8.64. The summed E-state index contributed by atoms with van der Waals surface area (Å²) in [6.45, 7) is 5.31. The maximum absolute atomic E-state index is 5.99. The van der Waals surface area contributed by atoms with Gasteiger partial charge in [-0.2, -0.15) is 0 Å². The maximum Gasteiger partial charge on any atom is 0.191 e. The van der Waals surface area contributed by atoms with E-state index in [1.165, 1.54) is 43.2 Å². The van der Waals surface area contributed by atoms with E-state index in [4.69, 9.17) is 4.74 Å². The predicted octanol–water partition coefficient (Wildman–Crippen LogP) is 3.64. The molecule has 0 amide bonds. The Morgan fingerprint density at radius 1 is 1.21 bits per heavy atom. The summed E-state index contributed by atoms with van der Waals surface area (Å²) < 4.78 is 8.14. The van der Waals surface area contributed by atoms with Crippen molar-refractivity contribution in [1.29, 1.82) is 0 Å². The highest BCUT2D eigenvalue weighted by Crippen LogP contribution is 2.20. The molecule has 6 nitrogen and oxygen atoms in total. The van der Waals surface area contributed by atoms with E-state index in [1.54, 1.807) is 0 Å². The minimum absolute atomic E-state index is 0.486. The average Bonchev–Trinajstić information content (AvgIpc) is 3.15. The summed E-state index contributed by atoms with van der Waals surface area (Å²) in [6.07, 6.45) is 11.8. The summed E-state index contributed by atoms with van der Waals surface area (Å²) in [5, 5.41) is 6.78. The highest BCUT2D eigenvalue weighted by Gasteiger charge is 2.13. The van der Waals surface area contributed by atoms with Crippen LogP contribution in [-0.2, 0) is 17.8 Å². The zero-order valence-electron chi connectivity index (χ0n) is 17.9. The van der Waals surface area contributed by atoms with Crippen molar-refractivity contribution >= 4 is 5.96 Å². The van der Waals surface area contributed by atoms with Gasteiger partial charge in [0.1, 0.15) is 5.82 Å². The first-order valence-electron chi connectivity index (χ1n) is 10.9. The maximum atomic E-state index is 5.99. The molecule has 0 atom stereocenters. The third-order valence-corrected chi connectivity index (χ3v) is 5.47. The van der Waals surface area contributed by atoms with Crippen LogP contribution in [0.1, 0.15) is 55.5 Å². The normalized spacial score (nSPS) is 15.4. The first-order valence-corrected chi connectivity index (χ1v) is 10.9. The molecule has 0 spiro atoms. The largest absolute Gasteiger partial charge is 0.378 e. The van der Waals surface area contributed by atoms with Crippen molar-refractivity contribution in [3.8, 4) is 0 Å². The summed E-state index contributed by atoms with van der Waals surface area (Å²) in [7, 11) is 1.81. The van der Waals surface area contributed by atoms with Crippen LogP contribution in [0.15, 0.2) is 41.7 Å². The third kappa shape index (κ3) is 7.20. The van der Waals surface area contributed by atoms with Gasteiger partial charge in [-0.1, -0.05) is 43.5 Å². The van der Waals surface area contributed by atoms with Gasteiger partial charge < -0.3 is 19.9 Å². The van der Waals surface area contributed by atoms with Crippen LogP contribution in [0.5, 0.6) is 0 Å². The Hall–Kier alpha value is -2.34. The minimum Gasteiger partial charge on any atom is -0.378 e. The molecule has 1 aliphatic rings. The summed E-state index contributed by atoms with van der Waals surface area (Å²) >= 11 is 0. The Kier molecular flexibility index (Phi) is 8.56. The smallest absolute Gasteiger partial charge is 0.191 e. The topological polar surface area (TPSA) is 63.5 Å². The fourth-order valence-electron chi connectivity index (χ4n) is 3.77. The Bertz CT molecular complexity index is 764. The van der Waals surface area contributed by atoms with Crippen molar-refractivity contribution in [1.82, 2.24) is 20.2 Å². The lowest BCUT2D eigenvalue weighted by Gasteiger charge is -2.22. The van der Waals surface area contributed by atoms with Gasteiger partial charge in [-0.15, -0.1) is 0 Å². The standard InChI is InChI=1S/C23H35N5O/c1-19-25-13-14-28(19)18-21-9-6-8-20(16-21)17-27-23(24-2)26-12-7-15-29-22-10-4-3-5-11-22/h6,8-9,13-14,16,22H,3-5,7,10-12,15,17-18H2,1-2H3,(H2,24,26,27). The molecule has 1 saturated carbocycles. The number of hydrogen-bond donors (Lipinski definition) is 2. The van der Waals surface area contributed by atoms with E-state index in [0.717, 1.165) is 44.4 Å². The van der Waals surface area contributed by atoms with Crippen molar-refractivity contribution in [2.75, 3.05) is 20.2 Å². The number of benzene rings is 1. The highest BCUT2D eigenvalue weighted by atomic mass is 16.5. The molecule has 2 N–H and O–H groups in total. The first kappa shape index (κ1) is 21.4. The van der Waals surface area contributed by atoms with Gasteiger partial charge in [0.05, 0.1) is 6.10 Å². The Morgan fingerprint density at radius 3 is 2.79 bits per heavy atom. The van der Waals surface area contributed by atoms with Crippen LogP contribution in [0.25, 0.3) is 0 Å². The summed E-state index contributed by atoms with van der Waals surface area (Å²) in [4.78, 5) is 8.62. The molecule has 1 aromatic carbocycles. The molecular formula is C23H35N5O. The predicted molar refractivity (Wildman–Crippen MR) is 118 cm³/mol.